The Kier molecular flexibility index (Phi) is 2.58. The Morgan fingerprint density at radius 3 is 2.57 bits per heavy atom. The van der Waals surface area contributed by atoms with E-state index in [9.17, 15) is 0 Å². The molecule has 2 heterocycles. The molecule has 0 aromatic rings. The number of hydrogen-bond donors (Lipinski definition) is 1. The Bertz CT molecular complexity index is 211. The minimum absolute atomic E-state index is 0.0355. The molecule has 3 nitrogen and oxygen atoms in total. The average Bonchev–Trinajstić information content (AvgIpc) is 2.44. The summed E-state index contributed by atoms with van der Waals surface area (Å²) in [7, 11) is 0. The molecule has 3 heteroatoms. The van der Waals surface area contributed by atoms with Crippen molar-refractivity contribution < 1.29 is 9.47 Å². The smallest absolute Gasteiger partial charge is 0.122 e. The highest BCUT2D eigenvalue weighted by molar-refractivity contribution is 4.94. The highest BCUT2D eigenvalue weighted by atomic mass is 16.6. The Morgan fingerprint density at radius 1 is 1.29 bits per heavy atom. The van der Waals surface area contributed by atoms with Crippen molar-refractivity contribution in [1.29, 1.82) is 0 Å². The second-order valence-corrected chi connectivity index (χ2v) is 5.24. The third-order valence-corrected chi connectivity index (χ3v) is 3.29. The molecular formula is C11H21NO2. The van der Waals surface area contributed by atoms with Gasteiger partial charge in [0.1, 0.15) is 5.72 Å². The first-order chi connectivity index (χ1) is 6.52. The fourth-order valence-electron chi connectivity index (χ4n) is 2.44. The summed E-state index contributed by atoms with van der Waals surface area (Å²) in [6.45, 7) is 9.10. The molecular weight excluding hydrogens is 178 g/mol. The zero-order valence-corrected chi connectivity index (χ0v) is 9.43. The Labute approximate surface area is 86.2 Å². The van der Waals surface area contributed by atoms with Crippen molar-refractivity contribution >= 4 is 0 Å². The molecule has 82 valence electrons. The molecule has 2 saturated heterocycles. The first kappa shape index (κ1) is 10.4. The van der Waals surface area contributed by atoms with E-state index >= 15 is 0 Å². The average molecular weight is 199 g/mol. The highest BCUT2D eigenvalue weighted by Gasteiger charge is 2.45. The Morgan fingerprint density at radius 2 is 2.07 bits per heavy atom. The summed E-state index contributed by atoms with van der Waals surface area (Å²) < 4.78 is 11.6. The van der Waals surface area contributed by atoms with E-state index in [1.165, 1.54) is 6.42 Å². The van der Waals surface area contributed by atoms with Gasteiger partial charge in [0.15, 0.2) is 0 Å². The maximum Gasteiger partial charge on any atom is 0.122 e. The van der Waals surface area contributed by atoms with Crippen LogP contribution in [0, 0.1) is 5.92 Å². The van der Waals surface area contributed by atoms with Crippen LogP contribution in [0.3, 0.4) is 0 Å². The van der Waals surface area contributed by atoms with Crippen LogP contribution in [0.15, 0.2) is 0 Å². The lowest BCUT2D eigenvalue weighted by Crippen LogP contribution is -2.48. The van der Waals surface area contributed by atoms with Crippen molar-refractivity contribution in [3.63, 3.8) is 0 Å². The Hall–Kier alpha value is -0.120. The first-order valence-electron chi connectivity index (χ1n) is 5.55. The van der Waals surface area contributed by atoms with Gasteiger partial charge in [0.25, 0.3) is 0 Å². The Balaban J connectivity index is 2.01. The van der Waals surface area contributed by atoms with Crippen LogP contribution in [-0.2, 0) is 9.47 Å². The lowest BCUT2D eigenvalue weighted by molar-refractivity contribution is -0.139. The molecule has 0 aromatic heterocycles. The summed E-state index contributed by atoms with van der Waals surface area (Å²) in [5, 5.41) is 3.49. The second-order valence-electron chi connectivity index (χ2n) is 5.24. The summed E-state index contributed by atoms with van der Waals surface area (Å²) in [5.41, 5.74) is -0.212. The number of nitrogens with one attached hydrogen (secondary N) is 1. The van der Waals surface area contributed by atoms with Crippen molar-refractivity contribution in [2.75, 3.05) is 19.8 Å². The lowest BCUT2D eigenvalue weighted by Gasteiger charge is -2.37. The van der Waals surface area contributed by atoms with Gasteiger partial charge in [-0.25, -0.2) is 0 Å². The van der Waals surface area contributed by atoms with E-state index in [0.29, 0.717) is 5.92 Å². The van der Waals surface area contributed by atoms with Crippen LogP contribution in [0.2, 0.25) is 0 Å². The van der Waals surface area contributed by atoms with Gasteiger partial charge in [-0.3, -0.25) is 5.32 Å². The maximum absolute atomic E-state index is 6.08. The van der Waals surface area contributed by atoms with Crippen LogP contribution in [-0.4, -0.2) is 31.1 Å². The van der Waals surface area contributed by atoms with Crippen molar-refractivity contribution in [1.82, 2.24) is 5.32 Å². The molecule has 0 spiro atoms. The van der Waals surface area contributed by atoms with Gasteiger partial charge < -0.3 is 9.47 Å². The molecule has 2 aliphatic rings. The van der Waals surface area contributed by atoms with E-state index in [1.54, 1.807) is 0 Å². The predicted octanol–water partition coefficient (Wildman–Crippen LogP) is 1.53. The molecule has 0 aliphatic carbocycles. The molecule has 14 heavy (non-hydrogen) atoms. The molecule has 2 unspecified atom stereocenters. The summed E-state index contributed by atoms with van der Waals surface area (Å²) in [4.78, 5) is 0. The standard InChI is InChI=1S/C11H21NO2/c1-10(2)8-12-11(3,14-10)9-5-4-6-13-7-9/h9,12H,4-8H2,1-3H3. The topological polar surface area (TPSA) is 30.5 Å². The third-order valence-electron chi connectivity index (χ3n) is 3.29. The summed E-state index contributed by atoms with van der Waals surface area (Å²) in [6.07, 6.45) is 2.37. The quantitative estimate of drug-likeness (QED) is 0.694. The fourth-order valence-corrected chi connectivity index (χ4v) is 2.44. The molecule has 1 N–H and O–H groups in total. The summed E-state index contributed by atoms with van der Waals surface area (Å²) in [5.74, 6) is 0.498. The number of ether oxygens (including phenoxy) is 2. The van der Waals surface area contributed by atoms with Gasteiger partial charge in [0.05, 0.1) is 12.2 Å². The van der Waals surface area contributed by atoms with Gasteiger partial charge in [-0.15, -0.1) is 0 Å². The highest BCUT2D eigenvalue weighted by Crippen LogP contribution is 2.34. The third kappa shape index (κ3) is 1.95. The monoisotopic (exact) mass is 199 g/mol. The maximum atomic E-state index is 6.08. The SMILES string of the molecule is CC1(C)CNC(C)(C2CCCOC2)O1. The van der Waals surface area contributed by atoms with Crippen LogP contribution in [0.25, 0.3) is 0 Å². The molecule has 2 fully saturated rings. The van der Waals surface area contributed by atoms with E-state index in [0.717, 1.165) is 26.2 Å². The minimum Gasteiger partial charge on any atom is -0.381 e. The van der Waals surface area contributed by atoms with Crippen LogP contribution < -0.4 is 5.32 Å². The molecule has 0 radical (unpaired) electrons. The second kappa shape index (κ2) is 3.47. The van der Waals surface area contributed by atoms with Gasteiger partial charge in [-0.1, -0.05) is 0 Å². The molecule has 2 atom stereocenters. The molecule has 2 rings (SSSR count). The fraction of sp³-hybridized carbons (Fsp3) is 1.00. The van der Waals surface area contributed by atoms with Crippen molar-refractivity contribution in [3.05, 3.63) is 0 Å². The number of rotatable bonds is 1. The van der Waals surface area contributed by atoms with Crippen molar-refractivity contribution in [2.24, 2.45) is 5.92 Å². The van der Waals surface area contributed by atoms with E-state index in [4.69, 9.17) is 9.47 Å². The van der Waals surface area contributed by atoms with E-state index in [-0.39, 0.29) is 11.3 Å². The molecule has 0 saturated carbocycles. The minimum atomic E-state index is -0.177. The lowest BCUT2D eigenvalue weighted by atomic mass is 9.92. The van der Waals surface area contributed by atoms with E-state index in [2.05, 4.69) is 26.1 Å². The first-order valence-corrected chi connectivity index (χ1v) is 5.55. The van der Waals surface area contributed by atoms with Crippen LogP contribution in [0.5, 0.6) is 0 Å². The molecule has 0 aromatic carbocycles. The van der Waals surface area contributed by atoms with E-state index < -0.39 is 0 Å². The van der Waals surface area contributed by atoms with Gasteiger partial charge in [-0.05, 0) is 33.6 Å². The predicted molar refractivity (Wildman–Crippen MR) is 55.1 cm³/mol. The van der Waals surface area contributed by atoms with Gasteiger partial charge in [0, 0.05) is 19.1 Å². The van der Waals surface area contributed by atoms with Crippen LogP contribution in [0.1, 0.15) is 33.6 Å². The zero-order valence-electron chi connectivity index (χ0n) is 9.43. The van der Waals surface area contributed by atoms with Gasteiger partial charge >= 0.3 is 0 Å². The van der Waals surface area contributed by atoms with Gasteiger partial charge in [-0.2, -0.15) is 0 Å². The molecule has 0 bridgehead atoms. The molecule has 2 aliphatic heterocycles. The number of hydrogen-bond acceptors (Lipinski definition) is 3. The molecule has 0 amide bonds. The summed E-state index contributed by atoms with van der Waals surface area (Å²) >= 11 is 0. The summed E-state index contributed by atoms with van der Waals surface area (Å²) in [6, 6.07) is 0. The zero-order chi connectivity index (χ0) is 10.2. The van der Waals surface area contributed by atoms with Gasteiger partial charge in [0.2, 0.25) is 0 Å². The van der Waals surface area contributed by atoms with Crippen LogP contribution >= 0.6 is 0 Å². The largest absolute Gasteiger partial charge is 0.381 e. The van der Waals surface area contributed by atoms with Crippen LogP contribution in [0.4, 0.5) is 0 Å². The normalized spacial score (nSPS) is 42.6. The van der Waals surface area contributed by atoms with Crippen molar-refractivity contribution in [2.45, 2.75) is 44.9 Å². The van der Waals surface area contributed by atoms with E-state index in [1.807, 2.05) is 0 Å². The van der Waals surface area contributed by atoms with Crippen molar-refractivity contribution in [3.8, 4) is 0 Å².